The van der Waals surface area contributed by atoms with Crippen molar-refractivity contribution in [2.45, 2.75) is 25.3 Å². The summed E-state index contributed by atoms with van der Waals surface area (Å²) in [6.07, 6.45) is 2.37. The Bertz CT molecular complexity index is 510. The van der Waals surface area contributed by atoms with Crippen LogP contribution in [0.2, 0.25) is 0 Å². The molecular weight excluding hydrogens is 262 g/mol. The lowest BCUT2D eigenvalue weighted by atomic mass is 10.2. The Morgan fingerprint density at radius 1 is 1.35 bits per heavy atom. The molecule has 0 atom stereocenters. The second-order valence-electron chi connectivity index (χ2n) is 4.61. The fourth-order valence-electron chi connectivity index (χ4n) is 1.70. The van der Waals surface area contributed by atoms with E-state index in [1.807, 2.05) is 0 Å². The van der Waals surface area contributed by atoms with Crippen LogP contribution in [0.3, 0.4) is 0 Å². The molecule has 2 N–H and O–H groups in total. The molecule has 1 amide bonds. The first kappa shape index (κ1) is 14.2. The average molecular weight is 279 g/mol. The number of benzene rings is 1. The van der Waals surface area contributed by atoms with Crippen molar-refractivity contribution >= 4 is 11.9 Å². The molecule has 1 aliphatic rings. The number of carbonyl (C=O) groups is 2. The number of hydrogen-bond acceptors (Lipinski definition) is 4. The summed E-state index contributed by atoms with van der Waals surface area (Å²) in [7, 11) is 1.44. The Hall–Kier alpha value is -2.24. The number of nitrogens with one attached hydrogen (secondary N) is 1. The SMILES string of the molecule is COc1cc(C(=O)O)ccc1OCCC(=O)NC1CC1. The summed E-state index contributed by atoms with van der Waals surface area (Å²) in [5.41, 5.74) is 0.126. The van der Waals surface area contributed by atoms with Gasteiger partial charge >= 0.3 is 5.97 Å². The maximum atomic E-state index is 11.5. The number of carboxylic acids is 1. The fraction of sp³-hybridized carbons (Fsp3) is 0.429. The molecule has 0 saturated heterocycles. The molecule has 0 heterocycles. The summed E-state index contributed by atoms with van der Waals surface area (Å²) >= 11 is 0. The number of rotatable bonds is 7. The second-order valence-corrected chi connectivity index (χ2v) is 4.61. The molecule has 0 aromatic heterocycles. The molecule has 1 fully saturated rings. The minimum Gasteiger partial charge on any atom is -0.493 e. The van der Waals surface area contributed by atoms with Gasteiger partial charge in [-0.25, -0.2) is 4.79 Å². The molecular formula is C14H17NO5. The van der Waals surface area contributed by atoms with Gasteiger partial charge in [-0.3, -0.25) is 4.79 Å². The number of carboxylic acid groups (broad SMARTS) is 1. The Balaban J connectivity index is 1.87. The first-order valence-electron chi connectivity index (χ1n) is 6.43. The van der Waals surface area contributed by atoms with Gasteiger partial charge in [0.1, 0.15) is 0 Å². The Morgan fingerprint density at radius 3 is 2.70 bits per heavy atom. The van der Waals surface area contributed by atoms with E-state index in [1.54, 1.807) is 0 Å². The number of hydrogen-bond donors (Lipinski definition) is 2. The lowest BCUT2D eigenvalue weighted by molar-refractivity contribution is -0.121. The largest absolute Gasteiger partial charge is 0.493 e. The van der Waals surface area contributed by atoms with Crippen LogP contribution in [0.4, 0.5) is 0 Å². The molecule has 1 aromatic carbocycles. The lowest BCUT2D eigenvalue weighted by Gasteiger charge is -2.11. The number of methoxy groups -OCH3 is 1. The Morgan fingerprint density at radius 2 is 2.10 bits per heavy atom. The van der Waals surface area contributed by atoms with Crippen LogP contribution in [0.1, 0.15) is 29.6 Å². The van der Waals surface area contributed by atoms with Crippen molar-refractivity contribution < 1.29 is 24.2 Å². The van der Waals surface area contributed by atoms with E-state index < -0.39 is 5.97 Å². The van der Waals surface area contributed by atoms with Crippen molar-refractivity contribution in [1.29, 1.82) is 0 Å². The van der Waals surface area contributed by atoms with Gasteiger partial charge in [-0.2, -0.15) is 0 Å². The molecule has 2 rings (SSSR count). The third-order valence-corrected chi connectivity index (χ3v) is 2.94. The van der Waals surface area contributed by atoms with Crippen LogP contribution >= 0.6 is 0 Å². The molecule has 1 aliphatic carbocycles. The number of aromatic carboxylic acids is 1. The maximum Gasteiger partial charge on any atom is 0.335 e. The Labute approximate surface area is 116 Å². The summed E-state index contributed by atoms with van der Waals surface area (Å²) in [5.74, 6) is -0.295. The predicted molar refractivity (Wildman–Crippen MR) is 71.2 cm³/mol. The van der Waals surface area contributed by atoms with E-state index in [-0.39, 0.29) is 24.5 Å². The fourth-order valence-corrected chi connectivity index (χ4v) is 1.70. The second kappa shape index (κ2) is 6.27. The highest BCUT2D eigenvalue weighted by Gasteiger charge is 2.22. The normalized spacial score (nSPS) is 13.7. The third kappa shape index (κ3) is 3.88. The van der Waals surface area contributed by atoms with Crippen LogP contribution in [0.5, 0.6) is 11.5 Å². The Kier molecular flexibility index (Phi) is 4.45. The smallest absolute Gasteiger partial charge is 0.335 e. The quantitative estimate of drug-likeness (QED) is 0.789. The van der Waals surface area contributed by atoms with Crippen LogP contribution in [0.25, 0.3) is 0 Å². The first-order chi connectivity index (χ1) is 9.60. The van der Waals surface area contributed by atoms with Gasteiger partial charge in [0.2, 0.25) is 5.91 Å². The monoisotopic (exact) mass is 279 g/mol. The molecule has 0 unspecified atom stereocenters. The van der Waals surface area contributed by atoms with E-state index in [2.05, 4.69) is 5.32 Å². The van der Waals surface area contributed by atoms with Crippen LogP contribution < -0.4 is 14.8 Å². The van der Waals surface area contributed by atoms with E-state index in [9.17, 15) is 9.59 Å². The van der Waals surface area contributed by atoms with Gasteiger partial charge in [0.05, 0.1) is 25.7 Å². The molecule has 6 heteroatoms. The minimum atomic E-state index is -1.03. The summed E-state index contributed by atoms with van der Waals surface area (Å²) in [6, 6.07) is 4.69. The molecule has 20 heavy (non-hydrogen) atoms. The molecule has 108 valence electrons. The van der Waals surface area contributed by atoms with E-state index in [0.29, 0.717) is 17.5 Å². The first-order valence-corrected chi connectivity index (χ1v) is 6.43. The molecule has 0 bridgehead atoms. The van der Waals surface area contributed by atoms with Crippen LogP contribution in [-0.2, 0) is 4.79 Å². The average Bonchev–Trinajstić information content (AvgIpc) is 3.22. The van der Waals surface area contributed by atoms with E-state index >= 15 is 0 Å². The van der Waals surface area contributed by atoms with Crippen molar-refractivity contribution in [3.8, 4) is 11.5 Å². The number of amides is 1. The van der Waals surface area contributed by atoms with Gasteiger partial charge in [-0.15, -0.1) is 0 Å². The molecule has 0 spiro atoms. The highest BCUT2D eigenvalue weighted by atomic mass is 16.5. The van der Waals surface area contributed by atoms with Gasteiger partial charge in [-0.1, -0.05) is 0 Å². The van der Waals surface area contributed by atoms with Crippen LogP contribution in [0.15, 0.2) is 18.2 Å². The van der Waals surface area contributed by atoms with Crippen molar-refractivity contribution in [2.24, 2.45) is 0 Å². The standard InChI is InChI=1S/C14H17NO5/c1-19-12-8-9(14(17)18)2-5-11(12)20-7-6-13(16)15-10-3-4-10/h2,5,8,10H,3-4,6-7H2,1H3,(H,15,16)(H,17,18). The molecule has 1 saturated carbocycles. The zero-order valence-electron chi connectivity index (χ0n) is 11.2. The third-order valence-electron chi connectivity index (χ3n) is 2.94. The van der Waals surface area contributed by atoms with Crippen molar-refractivity contribution in [3.63, 3.8) is 0 Å². The van der Waals surface area contributed by atoms with E-state index in [4.69, 9.17) is 14.6 Å². The van der Waals surface area contributed by atoms with E-state index in [1.165, 1.54) is 25.3 Å². The number of carbonyl (C=O) groups excluding carboxylic acids is 1. The molecule has 0 radical (unpaired) electrons. The molecule has 1 aromatic rings. The summed E-state index contributed by atoms with van der Waals surface area (Å²) in [4.78, 5) is 22.3. The summed E-state index contributed by atoms with van der Waals surface area (Å²) in [5, 5.41) is 11.7. The summed E-state index contributed by atoms with van der Waals surface area (Å²) in [6.45, 7) is 0.224. The zero-order valence-corrected chi connectivity index (χ0v) is 11.2. The molecule has 0 aliphatic heterocycles. The predicted octanol–water partition coefficient (Wildman–Crippen LogP) is 1.44. The van der Waals surface area contributed by atoms with Crippen molar-refractivity contribution in [3.05, 3.63) is 23.8 Å². The highest BCUT2D eigenvalue weighted by Crippen LogP contribution is 2.28. The molecule has 6 nitrogen and oxygen atoms in total. The van der Waals surface area contributed by atoms with Crippen molar-refractivity contribution in [2.75, 3.05) is 13.7 Å². The zero-order chi connectivity index (χ0) is 14.5. The lowest BCUT2D eigenvalue weighted by Crippen LogP contribution is -2.26. The summed E-state index contributed by atoms with van der Waals surface area (Å²) < 4.78 is 10.5. The maximum absolute atomic E-state index is 11.5. The topological polar surface area (TPSA) is 84.9 Å². The van der Waals surface area contributed by atoms with Gasteiger partial charge in [-0.05, 0) is 31.0 Å². The van der Waals surface area contributed by atoms with Crippen LogP contribution in [0, 0.1) is 0 Å². The highest BCUT2D eigenvalue weighted by molar-refractivity contribution is 5.88. The number of ether oxygens (including phenoxy) is 2. The van der Waals surface area contributed by atoms with Crippen LogP contribution in [-0.4, -0.2) is 36.7 Å². The van der Waals surface area contributed by atoms with Gasteiger partial charge in [0.15, 0.2) is 11.5 Å². The van der Waals surface area contributed by atoms with Gasteiger partial charge in [0.25, 0.3) is 0 Å². The van der Waals surface area contributed by atoms with Gasteiger partial charge in [0, 0.05) is 6.04 Å². The van der Waals surface area contributed by atoms with Crippen molar-refractivity contribution in [1.82, 2.24) is 5.32 Å². The van der Waals surface area contributed by atoms with Gasteiger partial charge < -0.3 is 19.9 Å². The van der Waals surface area contributed by atoms with E-state index in [0.717, 1.165) is 12.8 Å². The minimum absolute atomic E-state index is 0.0337.